The molecule has 0 spiro atoms. The Morgan fingerprint density at radius 1 is 1.12 bits per heavy atom. The quantitative estimate of drug-likeness (QED) is 0.778. The number of morpholine rings is 1. The standard InChI is InChI=1S/C19H25NO5/c1-12-8-17(19(22)24-12)25-18(21)16-6-4-15(5-7-16)11-20-9-13(2)23-14(3)10-20/h4-7,12-14,17H,8-11H2,1-3H3/t12-,13-,14-,17+/m1/s1. The highest BCUT2D eigenvalue weighted by atomic mass is 16.6. The average Bonchev–Trinajstić information content (AvgIpc) is 2.84. The summed E-state index contributed by atoms with van der Waals surface area (Å²) in [6, 6.07) is 7.34. The zero-order valence-corrected chi connectivity index (χ0v) is 14.9. The van der Waals surface area contributed by atoms with Crippen LogP contribution >= 0.6 is 0 Å². The zero-order valence-electron chi connectivity index (χ0n) is 14.9. The van der Waals surface area contributed by atoms with Gasteiger partial charge in [-0.1, -0.05) is 12.1 Å². The van der Waals surface area contributed by atoms with Gasteiger partial charge in [0.05, 0.1) is 17.8 Å². The summed E-state index contributed by atoms with van der Waals surface area (Å²) in [4.78, 5) is 26.1. The number of nitrogens with zero attached hydrogens (tertiary/aromatic N) is 1. The topological polar surface area (TPSA) is 65.1 Å². The molecule has 1 aromatic carbocycles. The van der Waals surface area contributed by atoms with E-state index in [0.717, 1.165) is 25.2 Å². The summed E-state index contributed by atoms with van der Waals surface area (Å²) in [6.07, 6.45) is -0.127. The second kappa shape index (κ2) is 7.54. The Bertz CT molecular complexity index is 619. The van der Waals surface area contributed by atoms with Crippen LogP contribution in [-0.2, 0) is 25.5 Å². The summed E-state index contributed by atoms with van der Waals surface area (Å²) in [6.45, 7) is 8.56. The van der Waals surface area contributed by atoms with Gasteiger partial charge in [-0.05, 0) is 38.5 Å². The van der Waals surface area contributed by atoms with E-state index >= 15 is 0 Å². The number of cyclic esters (lactones) is 1. The third kappa shape index (κ3) is 4.58. The number of hydrogen-bond acceptors (Lipinski definition) is 6. The fourth-order valence-electron chi connectivity index (χ4n) is 3.43. The SMILES string of the molecule is C[C@@H]1C[C@H](OC(=O)c2ccc(CN3C[C@@H](C)O[C@H](C)C3)cc2)C(=O)O1. The van der Waals surface area contributed by atoms with Gasteiger partial charge in [-0.3, -0.25) is 4.90 Å². The fourth-order valence-corrected chi connectivity index (χ4v) is 3.43. The predicted octanol–water partition coefficient (Wildman–Crippen LogP) is 2.16. The molecule has 0 radical (unpaired) electrons. The van der Waals surface area contributed by atoms with Crippen molar-refractivity contribution in [2.24, 2.45) is 0 Å². The molecule has 136 valence electrons. The molecule has 2 fully saturated rings. The Morgan fingerprint density at radius 2 is 1.76 bits per heavy atom. The molecule has 0 amide bonds. The molecule has 2 heterocycles. The van der Waals surface area contributed by atoms with E-state index in [0.29, 0.717) is 12.0 Å². The molecule has 3 rings (SSSR count). The van der Waals surface area contributed by atoms with E-state index in [9.17, 15) is 9.59 Å². The largest absolute Gasteiger partial charge is 0.460 e. The van der Waals surface area contributed by atoms with E-state index in [1.54, 1.807) is 19.1 Å². The first-order chi connectivity index (χ1) is 11.9. The van der Waals surface area contributed by atoms with Crippen LogP contribution in [0.15, 0.2) is 24.3 Å². The lowest BCUT2D eigenvalue weighted by Gasteiger charge is -2.35. The number of carbonyl (C=O) groups excluding carboxylic acids is 2. The summed E-state index contributed by atoms with van der Waals surface area (Å²) in [5.41, 5.74) is 1.58. The van der Waals surface area contributed by atoms with Crippen LogP contribution in [0.1, 0.15) is 43.1 Å². The number of esters is 2. The molecule has 1 aromatic rings. The van der Waals surface area contributed by atoms with Crippen LogP contribution in [0.2, 0.25) is 0 Å². The highest BCUT2D eigenvalue weighted by Gasteiger charge is 2.35. The normalized spacial score (nSPS) is 30.1. The number of benzene rings is 1. The Labute approximate surface area is 148 Å². The Balaban J connectivity index is 1.56. The summed E-state index contributed by atoms with van der Waals surface area (Å²) >= 11 is 0. The molecule has 6 heteroatoms. The van der Waals surface area contributed by atoms with Gasteiger partial charge < -0.3 is 14.2 Å². The summed E-state index contributed by atoms with van der Waals surface area (Å²) < 4.78 is 16.0. The van der Waals surface area contributed by atoms with Crippen LogP contribution in [0.3, 0.4) is 0 Å². The van der Waals surface area contributed by atoms with Gasteiger partial charge in [-0.15, -0.1) is 0 Å². The van der Waals surface area contributed by atoms with Crippen molar-refractivity contribution < 1.29 is 23.8 Å². The van der Waals surface area contributed by atoms with Gasteiger partial charge >= 0.3 is 11.9 Å². The summed E-state index contributed by atoms with van der Waals surface area (Å²) in [7, 11) is 0. The molecule has 6 nitrogen and oxygen atoms in total. The molecule has 2 saturated heterocycles. The van der Waals surface area contributed by atoms with E-state index in [1.807, 2.05) is 12.1 Å². The van der Waals surface area contributed by atoms with Crippen LogP contribution in [-0.4, -0.2) is 54.3 Å². The molecule has 2 aliphatic rings. The van der Waals surface area contributed by atoms with E-state index in [1.165, 1.54) is 0 Å². The highest BCUT2D eigenvalue weighted by molar-refractivity contribution is 5.91. The number of hydrogen-bond donors (Lipinski definition) is 0. The molecule has 0 aromatic heterocycles. The maximum Gasteiger partial charge on any atom is 0.347 e. The van der Waals surface area contributed by atoms with Crippen molar-refractivity contribution in [1.82, 2.24) is 4.90 Å². The molecular weight excluding hydrogens is 322 g/mol. The fraction of sp³-hybridized carbons (Fsp3) is 0.579. The minimum absolute atomic E-state index is 0.203. The minimum atomic E-state index is -0.793. The Kier molecular flexibility index (Phi) is 5.39. The van der Waals surface area contributed by atoms with Crippen molar-refractivity contribution in [2.75, 3.05) is 13.1 Å². The first kappa shape index (κ1) is 17.9. The highest BCUT2D eigenvalue weighted by Crippen LogP contribution is 2.19. The molecule has 0 bridgehead atoms. The van der Waals surface area contributed by atoms with E-state index in [2.05, 4.69) is 18.7 Å². The van der Waals surface area contributed by atoms with Gasteiger partial charge in [0.25, 0.3) is 0 Å². The molecule has 0 saturated carbocycles. The van der Waals surface area contributed by atoms with Gasteiger partial charge in [0.2, 0.25) is 6.10 Å². The Morgan fingerprint density at radius 3 is 2.32 bits per heavy atom. The van der Waals surface area contributed by atoms with Gasteiger partial charge in [0.15, 0.2) is 0 Å². The lowest BCUT2D eigenvalue weighted by atomic mass is 10.1. The third-order valence-corrected chi connectivity index (χ3v) is 4.47. The third-order valence-electron chi connectivity index (χ3n) is 4.47. The van der Waals surface area contributed by atoms with Crippen LogP contribution < -0.4 is 0 Å². The smallest absolute Gasteiger partial charge is 0.347 e. The monoisotopic (exact) mass is 347 g/mol. The molecule has 4 atom stereocenters. The van der Waals surface area contributed by atoms with Crippen molar-refractivity contribution >= 4 is 11.9 Å². The minimum Gasteiger partial charge on any atom is -0.460 e. The first-order valence-electron chi connectivity index (χ1n) is 8.79. The van der Waals surface area contributed by atoms with Gasteiger partial charge in [-0.25, -0.2) is 9.59 Å². The molecule has 0 aliphatic carbocycles. The zero-order chi connectivity index (χ0) is 18.0. The van der Waals surface area contributed by atoms with Crippen LogP contribution in [0.4, 0.5) is 0 Å². The molecule has 2 aliphatic heterocycles. The summed E-state index contributed by atoms with van der Waals surface area (Å²) in [5, 5.41) is 0. The second-order valence-corrected chi connectivity index (χ2v) is 7.03. The van der Waals surface area contributed by atoms with E-state index < -0.39 is 18.0 Å². The van der Waals surface area contributed by atoms with Gasteiger partial charge in [-0.2, -0.15) is 0 Å². The lowest BCUT2D eigenvalue weighted by Crippen LogP contribution is -2.44. The molecule has 0 unspecified atom stereocenters. The predicted molar refractivity (Wildman–Crippen MR) is 91.1 cm³/mol. The van der Waals surface area contributed by atoms with Crippen molar-refractivity contribution in [3.8, 4) is 0 Å². The maximum atomic E-state index is 12.2. The van der Waals surface area contributed by atoms with E-state index in [-0.39, 0.29) is 18.3 Å². The maximum absolute atomic E-state index is 12.2. The van der Waals surface area contributed by atoms with Crippen molar-refractivity contribution in [3.63, 3.8) is 0 Å². The molecule has 25 heavy (non-hydrogen) atoms. The van der Waals surface area contributed by atoms with Gasteiger partial charge in [0.1, 0.15) is 6.10 Å². The van der Waals surface area contributed by atoms with Crippen molar-refractivity contribution in [3.05, 3.63) is 35.4 Å². The van der Waals surface area contributed by atoms with Crippen LogP contribution in [0, 0.1) is 0 Å². The van der Waals surface area contributed by atoms with Crippen molar-refractivity contribution in [1.29, 1.82) is 0 Å². The van der Waals surface area contributed by atoms with Crippen LogP contribution in [0.5, 0.6) is 0 Å². The summed E-state index contributed by atoms with van der Waals surface area (Å²) in [5.74, 6) is -0.954. The van der Waals surface area contributed by atoms with Crippen molar-refractivity contribution in [2.45, 2.75) is 58.2 Å². The number of ether oxygens (including phenoxy) is 3. The van der Waals surface area contributed by atoms with E-state index in [4.69, 9.17) is 14.2 Å². The number of rotatable bonds is 4. The Hall–Kier alpha value is -1.92. The molecule has 0 N–H and O–H groups in total. The van der Waals surface area contributed by atoms with Crippen LogP contribution in [0.25, 0.3) is 0 Å². The lowest BCUT2D eigenvalue weighted by molar-refractivity contribution is -0.147. The number of carbonyl (C=O) groups is 2. The first-order valence-corrected chi connectivity index (χ1v) is 8.79. The van der Waals surface area contributed by atoms with Gasteiger partial charge in [0, 0.05) is 26.1 Å². The molecular formula is C19H25NO5. The average molecular weight is 347 g/mol. The second-order valence-electron chi connectivity index (χ2n) is 7.03.